The van der Waals surface area contributed by atoms with Crippen LogP contribution in [0, 0.1) is 0 Å². The normalized spacial score (nSPS) is 10.8. The third-order valence-electron chi connectivity index (χ3n) is 3.66. The van der Waals surface area contributed by atoms with Crippen LogP contribution in [0.4, 0.5) is 0 Å². The molecule has 0 spiro atoms. The number of ether oxygens (including phenoxy) is 1. The second kappa shape index (κ2) is 4.98. The first-order valence-corrected chi connectivity index (χ1v) is 6.57. The highest BCUT2D eigenvalue weighted by atomic mass is 16.5. The van der Waals surface area contributed by atoms with E-state index in [9.17, 15) is 4.79 Å². The number of aromatic carboxylic acids is 1. The van der Waals surface area contributed by atoms with E-state index in [0.29, 0.717) is 5.56 Å². The largest absolute Gasteiger partial charge is 0.497 e. The van der Waals surface area contributed by atoms with Crippen molar-refractivity contribution in [2.45, 2.75) is 0 Å². The smallest absolute Gasteiger partial charge is 0.335 e. The maximum Gasteiger partial charge on any atom is 0.335 e. The Labute approximate surface area is 122 Å². The highest BCUT2D eigenvalue weighted by Crippen LogP contribution is 2.29. The van der Waals surface area contributed by atoms with Crippen molar-refractivity contribution in [1.29, 1.82) is 0 Å². The van der Waals surface area contributed by atoms with Gasteiger partial charge in [-0.15, -0.1) is 0 Å². The minimum absolute atomic E-state index is 0.292. The minimum Gasteiger partial charge on any atom is -0.497 e. The summed E-state index contributed by atoms with van der Waals surface area (Å²) in [6.07, 6.45) is 0. The zero-order chi connectivity index (χ0) is 15.0. The Kier molecular flexibility index (Phi) is 3.14. The third kappa shape index (κ3) is 2.25. The number of nitrogens with zero attached hydrogens (tertiary/aromatic N) is 1. The molecule has 0 aliphatic carbocycles. The van der Waals surface area contributed by atoms with E-state index >= 15 is 0 Å². The molecular weight excluding hydrogens is 266 g/mol. The van der Waals surface area contributed by atoms with Crippen LogP contribution in [-0.2, 0) is 7.05 Å². The van der Waals surface area contributed by atoms with Crippen LogP contribution in [0.25, 0.3) is 22.2 Å². The fourth-order valence-electron chi connectivity index (χ4n) is 2.52. The molecule has 0 atom stereocenters. The average Bonchev–Trinajstić information content (AvgIpc) is 2.84. The predicted molar refractivity (Wildman–Crippen MR) is 81.9 cm³/mol. The summed E-state index contributed by atoms with van der Waals surface area (Å²) in [7, 11) is 3.57. The van der Waals surface area contributed by atoms with Gasteiger partial charge in [0.15, 0.2) is 0 Å². The molecule has 106 valence electrons. The lowest BCUT2D eigenvalue weighted by atomic mass is 10.1. The number of rotatable bonds is 3. The van der Waals surface area contributed by atoms with Crippen LogP contribution in [0.3, 0.4) is 0 Å². The van der Waals surface area contributed by atoms with Gasteiger partial charge in [-0.3, -0.25) is 0 Å². The Balaban J connectivity index is 2.19. The summed E-state index contributed by atoms with van der Waals surface area (Å²) < 4.78 is 7.25. The Morgan fingerprint density at radius 3 is 2.67 bits per heavy atom. The van der Waals surface area contributed by atoms with Gasteiger partial charge in [0.2, 0.25) is 0 Å². The maximum atomic E-state index is 11.1. The highest BCUT2D eigenvalue weighted by Gasteiger charge is 2.11. The van der Waals surface area contributed by atoms with Crippen LogP contribution < -0.4 is 4.74 Å². The van der Waals surface area contributed by atoms with Gasteiger partial charge in [-0.05, 0) is 30.3 Å². The summed E-state index contributed by atoms with van der Waals surface area (Å²) in [5, 5.41) is 10.1. The molecule has 4 nitrogen and oxygen atoms in total. The second-order valence-corrected chi connectivity index (χ2v) is 4.90. The molecule has 1 N–H and O–H groups in total. The molecule has 2 aromatic carbocycles. The van der Waals surface area contributed by atoms with Crippen molar-refractivity contribution in [1.82, 2.24) is 4.57 Å². The summed E-state index contributed by atoms with van der Waals surface area (Å²) in [5.41, 5.74) is 3.24. The van der Waals surface area contributed by atoms with Gasteiger partial charge < -0.3 is 14.4 Å². The molecule has 0 radical (unpaired) electrons. The first-order chi connectivity index (χ1) is 10.1. The number of fused-ring (bicyclic) bond motifs is 1. The molecule has 3 rings (SSSR count). The standard InChI is InChI=1S/C17H15NO3/c1-18-15(11-4-3-5-14(8-11)21-2)9-12-6-7-13(17(19)20)10-16(12)18/h3-10H,1-2H3,(H,19,20). The Bertz CT molecular complexity index is 833. The second-order valence-electron chi connectivity index (χ2n) is 4.90. The molecular formula is C17H15NO3. The third-order valence-corrected chi connectivity index (χ3v) is 3.66. The first-order valence-electron chi connectivity index (χ1n) is 6.57. The van der Waals surface area contributed by atoms with Gasteiger partial charge in [0, 0.05) is 29.2 Å². The number of carboxylic acids is 1. The number of carboxylic acid groups (broad SMARTS) is 1. The number of methoxy groups -OCH3 is 1. The van der Waals surface area contributed by atoms with Crippen LogP contribution in [-0.4, -0.2) is 22.8 Å². The Hall–Kier alpha value is -2.75. The van der Waals surface area contributed by atoms with Crippen LogP contribution >= 0.6 is 0 Å². The van der Waals surface area contributed by atoms with E-state index in [1.807, 2.05) is 41.9 Å². The van der Waals surface area contributed by atoms with Gasteiger partial charge in [0.1, 0.15) is 5.75 Å². The molecule has 0 aliphatic heterocycles. The van der Waals surface area contributed by atoms with E-state index in [2.05, 4.69) is 6.07 Å². The van der Waals surface area contributed by atoms with Crippen molar-refractivity contribution in [3.05, 3.63) is 54.1 Å². The van der Waals surface area contributed by atoms with Crippen LogP contribution in [0.5, 0.6) is 5.75 Å². The minimum atomic E-state index is -0.916. The van der Waals surface area contributed by atoms with Gasteiger partial charge in [-0.2, -0.15) is 0 Å². The molecule has 0 saturated carbocycles. The molecule has 1 heterocycles. The van der Waals surface area contributed by atoms with Gasteiger partial charge in [-0.1, -0.05) is 18.2 Å². The topological polar surface area (TPSA) is 51.5 Å². The molecule has 0 fully saturated rings. The van der Waals surface area contributed by atoms with E-state index < -0.39 is 5.97 Å². The van der Waals surface area contributed by atoms with Crippen molar-refractivity contribution in [3.8, 4) is 17.0 Å². The van der Waals surface area contributed by atoms with Crippen molar-refractivity contribution in [2.75, 3.05) is 7.11 Å². The summed E-state index contributed by atoms with van der Waals surface area (Å²) in [4.78, 5) is 11.1. The number of aryl methyl sites for hydroxylation is 1. The number of carbonyl (C=O) groups is 1. The lowest BCUT2D eigenvalue weighted by Crippen LogP contribution is -1.97. The summed E-state index contributed by atoms with van der Waals surface area (Å²) in [6, 6.07) is 15.0. The van der Waals surface area contributed by atoms with Gasteiger partial charge in [-0.25, -0.2) is 4.79 Å². The highest BCUT2D eigenvalue weighted by molar-refractivity contribution is 5.95. The summed E-state index contributed by atoms with van der Waals surface area (Å²) in [5.74, 6) is -0.120. The number of hydrogen-bond donors (Lipinski definition) is 1. The first kappa shape index (κ1) is 13.2. The monoisotopic (exact) mass is 281 g/mol. The van der Waals surface area contributed by atoms with Crippen molar-refractivity contribution >= 4 is 16.9 Å². The lowest BCUT2D eigenvalue weighted by Gasteiger charge is -2.06. The van der Waals surface area contributed by atoms with Crippen LogP contribution in [0.15, 0.2) is 48.5 Å². The van der Waals surface area contributed by atoms with Crippen molar-refractivity contribution in [3.63, 3.8) is 0 Å². The number of aromatic nitrogens is 1. The lowest BCUT2D eigenvalue weighted by molar-refractivity contribution is 0.0697. The fourth-order valence-corrected chi connectivity index (χ4v) is 2.52. The van der Waals surface area contributed by atoms with Gasteiger partial charge >= 0.3 is 5.97 Å². The van der Waals surface area contributed by atoms with Crippen LogP contribution in [0.1, 0.15) is 10.4 Å². The van der Waals surface area contributed by atoms with E-state index in [-0.39, 0.29) is 0 Å². The quantitative estimate of drug-likeness (QED) is 0.798. The van der Waals surface area contributed by atoms with E-state index in [4.69, 9.17) is 9.84 Å². The Morgan fingerprint density at radius 2 is 1.95 bits per heavy atom. The van der Waals surface area contributed by atoms with E-state index in [1.54, 1.807) is 19.2 Å². The maximum absolute atomic E-state index is 11.1. The fraction of sp³-hybridized carbons (Fsp3) is 0.118. The molecule has 0 amide bonds. The molecule has 0 bridgehead atoms. The summed E-state index contributed by atoms with van der Waals surface area (Å²) in [6.45, 7) is 0. The van der Waals surface area contributed by atoms with Gasteiger partial charge in [0.25, 0.3) is 0 Å². The van der Waals surface area contributed by atoms with Crippen molar-refractivity contribution in [2.24, 2.45) is 7.05 Å². The SMILES string of the molecule is COc1cccc(-c2cc3ccc(C(=O)O)cc3n2C)c1. The zero-order valence-corrected chi connectivity index (χ0v) is 11.8. The molecule has 0 saturated heterocycles. The van der Waals surface area contributed by atoms with Crippen molar-refractivity contribution < 1.29 is 14.6 Å². The van der Waals surface area contributed by atoms with Gasteiger partial charge in [0.05, 0.1) is 12.7 Å². The molecule has 0 unspecified atom stereocenters. The van der Waals surface area contributed by atoms with Crippen LogP contribution in [0.2, 0.25) is 0 Å². The predicted octanol–water partition coefficient (Wildman–Crippen LogP) is 3.55. The average molecular weight is 281 g/mol. The number of benzene rings is 2. The van der Waals surface area contributed by atoms with E-state index in [0.717, 1.165) is 27.9 Å². The summed E-state index contributed by atoms with van der Waals surface area (Å²) >= 11 is 0. The van der Waals surface area contributed by atoms with E-state index in [1.165, 1.54) is 0 Å². The zero-order valence-electron chi connectivity index (χ0n) is 11.8. The Morgan fingerprint density at radius 1 is 1.14 bits per heavy atom. The molecule has 21 heavy (non-hydrogen) atoms. The molecule has 0 aliphatic rings. The molecule has 3 aromatic rings. The molecule has 4 heteroatoms. The number of hydrogen-bond acceptors (Lipinski definition) is 2. The molecule has 1 aromatic heterocycles.